The Bertz CT molecular complexity index is 753. The molecule has 24 heavy (non-hydrogen) atoms. The van der Waals surface area contributed by atoms with E-state index >= 15 is 0 Å². The molecule has 0 atom stereocenters. The Kier molecular flexibility index (Phi) is 4.89. The van der Waals surface area contributed by atoms with E-state index < -0.39 is 5.97 Å². The first-order chi connectivity index (χ1) is 11.7. The molecule has 7 nitrogen and oxygen atoms in total. The first-order valence-electron chi connectivity index (χ1n) is 8.11. The van der Waals surface area contributed by atoms with Crippen molar-refractivity contribution in [3.05, 3.63) is 17.5 Å². The van der Waals surface area contributed by atoms with Gasteiger partial charge in [0.05, 0.1) is 12.6 Å². The van der Waals surface area contributed by atoms with Gasteiger partial charge < -0.3 is 23.5 Å². The Labute approximate surface area is 140 Å². The number of imidazole rings is 1. The molecule has 0 fully saturated rings. The number of nitrogens with zero attached hydrogens (tertiary/aromatic N) is 2. The normalized spacial score (nSPS) is 13.3. The first kappa shape index (κ1) is 16.6. The van der Waals surface area contributed by atoms with Crippen LogP contribution in [0.3, 0.4) is 0 Å². The standard InChI is InChI=1S/C17H22N2O5/c1-4-5-6-22-10-13-18-14-12(19(13)2)9-11(17(20)21-3)15-16(14)24-8-7-23-15/h9H,4-8,10H2,1-3H3. The molecule has 1 aliphatic rings. The highest BCUT2D eigenvalue weighted by molar-refractivity contribution is 6.00. The highest BCUT2D eigenvalue weighted by atomic mass is 16.6. The summed E-state index contributed by atoms with van der Waals surface area (Å²) in [5, 5.41) is 0. The molecule has 0 amide bonds. The lowest BCUT2D eigenvalue weighted by molar-refractivity contribution is 0.0591. The van der Waals surface area contributed by atoms with E-state index in [9.17, 15) is 4.79 Å². The lowest BCUT2D eigenvalue weighted by atomic mass is 10.1. The highest BCUT2D eigenvalue weighted by Gasteiger charge is 2.27. The number of rotatable bonds is 6. The van der Waals surface area contributed by atoms with Crippen LogP contribution in [-0.2, 0) is 23.1 Å². The SMILES string of the molecule is CCCCOCc1nc2c3c(c(C(=O)OC)cc2n1C)OCCO3. The fourth-order valence-electron chi connectivity index (χ4n) is 2.69. The van der Waals surface area contributed by atoms with Crippen LogP contribution < -0.4 is 9.47 Å². The monoisotopic (exact) mass is 334 g/mol. The average Bonchev–Trinajstić information content (AvgIpc) is 2.94. The van der Waals surface area contributed by atoms with Crippen molar-refractivity contribution in [1.82, 2.24) is 9.55 Å². The molecule has 0 bridgehead atoms. The zero-order valence-corrected chi connectivity index (χ0v) is 14.3. The molecule has 0 unspecified atom stereocenters. The van der Waals surface area contributed by atoms with E-state index in [-0.39, 0.29) is 0 Å². The molecule has 1 aliphatic heterocycles. The molecule has 1 aromatic heterocycles. The number of esters is 1. The maximum atomic E-state index is 12.1. The Morgan fingerprint density at radius 2 is 2.08 bits per heavy atom. The predicted molar refractivity (Wildman–Crippen MR) is 87.6 cm³/mol. The number of hydrogen-bond acceptors (Lipinski definition) is 6. The minimum Gasteiger partial charge on any atom is -0.485 e. The third-order valence-corrected chi connectivity index (χ3v) is 4.03. The summed E-state index contributed by atoms with van der Waals surface area (Å²) < 4.78 is 23.8. The topological polar surface area (TPSA) is 71.8 Å². The third kappa shape index (κ3) is 2.91. The van der Waals surface area contributed by atoms with Gasteiger partial charge >= 0.3 is 5.97 Å². The van der Waals surface area contributed by atoms with E-state index in [1.165, 1.54) is 7.11 Å². The van der Waals surface area contributed by atoms with Crippen molar-refractivity contribution in [2.75, 3.05) is 26.9 Å². The summed E-state index contributed by atoms with van der Waals surface area (Å²) in [5.41, 5.74) is 1.81. The molecule has 130 valence electrons. The zero-order chi connectivity index (χ0) is 17.1. The summed E-state index contributed by atoms with van der Waals surface area (Å²) in [6, 6.07) is 1.73. The van der Waals surface area contributed by atoms with E-state index in [1.807, 2.05) is 11.6 Å². The fraction of sp³-hybridized carbons (Fsp3) is 0.529. The minimum absolute atomic E-state index is 0.348. The molecule has 2 heterocycles. The third-order valence-electron chi connectivity index (χ3n) is 4.03. The number of carbonyl (C=O) groups is 1. The van der Waals surface area contributed by atoms with E-state index in [1.54, 1.807) is 6.07 Å². The van der Waals surface area contributed by atoms with Crippen molar-refractivity contribution < 1.29 is 23.7 Å². The number of hydrogen-bond donors (Lipinski definition) is 0. The van der Waals surface area contributed by atoms with Gasteiger partial charge in [-0.25, -0.2) is 9.78 Å². The van der Waals surface area contributed by atoms with E-state index in [2.05, 4.69) is 11.9 Å². The summed E-state index contributed by atoms with van der Waals surface area (Å²) in [4.78, 5) is 16.7. The second kappa shape index (κ2) is 7.09. The molecule has 0 N–H and O–H groups in total. The second-order valence-corrected chi connectivity index (χ2v) is 5.63. The van der Waals surface area contributed by atoms with Gasteiger partial charge in [-0.2, -0.15) is 0 Å². The molecular formula is C17H22N2O5. The van der Waals surface area contributed by atoms with Crippen LogP contribution in [0, 0.1) is 0 Å². The van der Waals surface area contributed by atoms with E-state index in [0.717, 1.165) is 24.2 Å². The van der Waals surface area contributed by atoms with Crippen LogP contribution in [0.15, 0.2) is 6.07 Å². The maximum absolute atomic E-state index is 12.1. The molecule has 3 rings (SSSR count). The molecular weight excluding hydrogens is 312 g/mol. The Morgan fingerprint density at radius 1 is 1.33 bits per heavy atom. The van der Waals surface area contributed by atoms with Crippen molar-refractivity contribution in [2.45, 2.75) is 26.4 Å². The summed E-state index contributed by atoms with van der Waals surface area (Å²) >= 11 is 0. The zero-order valence-electron chi connectivity index (χ0n) is 14.3. The Hall–Kier alpha value is -2.28. The van der Waals surface area contributed by atoms with Crippen molar-refractivity contribution in [3.63, 3.8) is 0 Å². The number of carbonyl (C=O) groups excluding carboxylic acids is 1. The van der Waals surface area contributed by atoms with E-state index in [0.29, 0.717) is 49.0 Å². The number of aromatic nitrogens is 2. The number of ether oxygens (including phenoxy) is 4. The van der Waals surface area contributed by atoms with Crippen LogP contribution in [0.5, 0.6) is 11.5 Å². The summed E-state index contributed by atoms with van der Waals surface area (Å²) in [6.07, 6.45) is 2.10. The van der Waals surface area contributed by atoms with Gasteiger partial charge in [-0.15, -0.1) is 0 Å². The maximum Gasteiger partial charge on any atom is 0.341 e. The van der Waals surface area contributed by atoms with Gasteiger partial charge in [0.15, 0.2) is 11.5 Å². The molecule has 0 aliphatic carbocycles. The van der Waals surface area contributed by atoms with Gasteiger partial charge in [0.1, 0.15) is 36.7 Å². The number of benzene rings is 1. The van der Waals surface area contributed by atoms with Gasteiger partial charge in [-0.05, 0) is 12.5 Å². The van der Waals surface area contributed by atoms with Crippen LogP contribution in [0.4, 0.5) is 0 Å². The van der Waals surface area contributed by atoms with Gasteiger partial charge in [-0.3, -0.25) is 0 Å². The van der Waals surface area contributed by atoms with Crippen molar-refractivity contribution >= 4 is 17.0 Å². The minimum atomic E-state index is -0.458. The quantitative estimate of drug-likeness (QED) is 0.597. The summed E-state index contributed by atoms with van der Waals surface area (Å²) in [5.74, 6) is 1.21. The van der Waals surface area contributed by atoms with Gasteiger partial charge in [0.25, 0.3) is 0 Å². The molecule has 0 spiro atoms. The van der Waals surface area contributed by atoms with Crippen LogP contribution in [-0.4, -0.2) is 42.5 Å². The van der Waals surface area contributed by atoms with Crippen LogP contribution in [0.1, 0.15) is 35.9 Å². The largest absolute Gasteiger partial charge is 0.485 e. The van der Waals surface area contributed by atoms with Crippen LogP contribution in [0.2, 0.25) is 0 Å². The summed E-state index contributed by atoms with van der Waals surface area (Å²) in [7, 11) is 3.24. The van der Waals surface area contributed by atoms with Crippen molar-refractivity contribution in [3.8, 4) is 11.5 Å². The molecule has 7 heteroatoms. The second-order valence-electron chi connectivity index (χ2n) is 5.63. The lowest BCUT2D eigenvalue weighted by Gasteiger charge is -2.20. The molecule has 1 aromatic carbocycles. The van der Waals surface area contributed by atoms with Crippen LogP contribution in [0.25, 0.3) is 11.0 Å². The average molecular weight is 334 g/mol. The summed E-state index contributed by atoms with van der Waals surface area (Å²) in [6.45, 7) is 4.05. The van der Waals surface area contributed by atoms with E-state index in [4.69, 9.17) is 18.9 Å². The van der Waals surface area contributed by atoms with Gasteiger partial charge in [0, 0.05) is 13.7 Å². The Balaban J connectivity index is 2.03. The van der Waals surface area contributed by atoms with Crippen LogP contribution >= 0.6 is 0 Å². The lowest BCUT2D eigenvalue weighted by Crippen LogP contribution is -2.18. The fourth-order valence-corrected chi connectivity index (χ4v) is 2.69. The molecule has 0 saturated heterocycles. The number of aryl methyl sites for hydroxylation is 1. The van der Waals surface area contributed by atoms with Gasteiger partial charge in [-0.1, -0.05) is 13.3 Å². The molecule has 2 aromatic rings. The molecule has 0 saturated carbocycles. The highest BCUT2D eigenvalue weighted by Crippen LogP contribution is 2.41. The number of unbranched alkanes of at least 4 members (excludes halogenated alkanes) is 1. The first-order valence-corrected chi connectivity index (χ1v) is 8.11. The predicted octanol–water partition coefficient (Wildman–Crippen LogP) is 2.45. The number of fused-ring (bicyclic) bond motifs is 3. The molecule has 0 radical (unpaired) electrons. The van der Waals surface area contributed by atoms with Gasteiger partial charge in [0.2, 0.25) is 0 Å². The Morgan fingerprint density at radius 3 is 2.79 bits per heavy atom. The smallest absolute Gasteiger partial charge is 0.341 e. The van der Waals surface area contributed by atoms with Crippen molar-refractivity contribution in [1.29, 1.82) is 0 Å². The van der Waals surface area contributed by atoms with Crippen molar-refractivity contribution in [2.24, 2.45) is 7.05 Å². The number of methoxy groups -OCH3 is 1.